The van der Waals surface area contributed by atoms with Gasteiger partial charge >= 0.3 is 5.97 Å². The van der Waals surface area contributed by atoms with Crippen LogP contribution in [0.3, 0.4) is 0 Å². The fourth-order valence-electron chi connectivity index (χ4n) is 1.82. The molecule has 0 aromatic heterocycles. The predicted molar refractivity (Wildman–Crippen MR) is 57.4 cm³/mol. The van der Waals surface area contributed by atoms with Crippen LogP contribution in [0.5, 0.6) is 0 Å². The number of ketones is 1. The summed E-state index contributed by atoms with van der Waals surface area (Å²) < 4.78 is 4.78. The minimum absolute atomic E-state index is 0.231. The van der Waals surface area contributed by atoms with Crippen LogP contribution in [0.25, 0.3) is 0 Å². The van der Waals surface area contributed by atoms with Crippen molar-refractivity contribution in [2.24, 2.45) is 5.41 Å². The first-order valence-corrected chi connectivity index (χ1v) is 5.48. The van der Waals surface area contributed by atoms with E-state index in [0.717, 1.165) is 19.3 Å². The van der Waals surface area contributed by atoms with E-state index in [0.29, 0.717) is 13.0 Å². The van der Waals surface area contributed by atoms with Crippen molar-refractivity contribution < 1.29 is 14.3 Å². The molecule has 15 heavy (non-hydrogen) atoms. The Bertz CT molecular complexity index is 281. The summed E-state index contributed by atoms with van der Waals surface area (Å²) in [6, 6.07) is 0. The van der Waals surface area contributed by atoms with Crippen LogP contribution in [0, 0.1) is 5.41 Å². The molecule has 0 aliphatic heterocycles. The molecule has 1 atom stereocenters. The minimum atomic E-state index is -0.453. The summed E-state index contributed by atoms with van der Waals surface area (Å²) in [4.78, 5) is 22.8. The van der Waals surface area contributed by atoms with Gasteiger partial charge in [-0.25, -0.2) is 4.79 Å². The first-order valence-electron chi connectivity index (χ1n) is 5.48. The number of Topliss-reactive ketones (excluding diaryl/α,β-unsaturated/α-hetero) is 1. The van der Waals surface area contributed by atoms with Crippen molar-refractivity contribution in [3.8, 4) is 0 Å². The molecular formula is C12H18O3. The fraction of sp³-hybridized carbons (Fsp3) is 0.667. The summed E-state index contributed by atoms with van der Waals surface area (Å²) in [5, 5.41) is 0. The highest BCUT2D eigenvalue weighted by atomic mass is 16.5. The van der Waals surface area contributed by atoms with Gasteiger partial charge in [0.2, 0.25) is 0 Å². The number of carbonyl (C=O) groups excluding carboxylic acids is 2. The third-order valence-electron chi connectivity index (χ3n) is 2.86. The van der Waals surface area contributed by atoms with Crippen molar-refractivity contribution in [3.05, 3.63) is 12.2 Å². The molecule has 1 saturated carbocycles. The third-order valence-corrected chi connectivity index (χ3v) is 2.86. The largest absolute Gasteiger partial charge is 0.463 e. The number of esters is 1. The van der Waals surface area contributed by atoms with E-state index in [1.807, 2.05) is 6.92 Å². The van der Waals surface area contributed by atoms with Gasteiger partial charge in [0, 0.05) is 17.9 Å². The molecule has 1 rings (SSSR count). The van der Waals surface area contributed by atoms with Gasteiger partial charge in [0.05, 0.1) is 6.61 Å². The molecule has 0 N–H and O–H groups in total. The van der Waals surface area contributed by atoms with E-state index in [1.54, 1.807) is 13.0 Å². The molecule has 3 nitrogen and oxygen atoms in total. The monoisotopic (exact) mass is 210 g/mol. The molecule has 1 unspecified atom stereocenters. The van der Waals surface area contributed by atoms with Gasteiger partial charge in [-0.1, -0.05) is 12.5 Å². The molecule has 0 radical (unpaired) electrons. The van der Waals surface area contributed by atoms with Crippen molar-refractivity contribution in [1.82, 2.24) is 0 Å². The van der Waals surface area contributed by atoms with E-state index >= 15 is 0 Å². The van der Waals surface area contributed by atoms with Gasteiger partial charge in [-0.3, -0.25) is 4.79 Å². The fourth-order valence-corrected chi connectivity index (χ4v) is 1.82. The SMILES string of the molecule is CCOC(=O)C=CC1(C)CCCCC1=O. The molecule has 0 bridgehead atoms. The number of ether oxygens (including phenoxy) is 1. The highest BCUT2D eigenvalue weighted by Gasteiger charge is 2.32. The average Bonchev–Trinajstić information content (AvgIpc) is 2.21. The zero-order chi connectivity index (χ0) is 11.3. The van der Waals surface area contributed by atoms with Gasteiger partial charge in [0.25, 0.3) is 0 Å². The Morgan fingerprint density at radius 3 is 2.87 bits per heavy atom. The van der Waals surface area contributed by atoms with Gasteiger partial charge < -0.3 is 4.74 Å². The van der Waals surface area contributed by atoms with E-state index < -0.39 is 5.41 Å². The quantitative estimate of drug-likeness (QED) is 0.530. The lowest BCUT2D eigenvalue weighted by molar-refractivity contribution is -0.137. The lowest BCUT2D eigenvalue weighted by atomic mass is 9.74. The van der Waals surface area contributed by atoms with Crippen LogP contribution in [0.4, 0.5) is 0 Å². The zero-order valence-corrected chi connectivity index (χ0v) is 9.41. The third kappa shape index (κ3) is 3.18. The second-order valence-electron chi connectivity index (χ2n) is 4.13. The standard InChI is InChI=1S/C12H18O3/c1-3-15-11(14)7-9-12(2)8-5-4-6-10(12)13/h7,9H,3-6,8H2,1-2H3. The Morgan fingerprint density at radius 1 is 1.53 bits per heavy atom. The number of hydrogen-bond donors (Lipinski definition) is 0. The molecule has 0 spiro atoms. The second-order valence-corrected chi connectivity index (χ2v) is 4.13. The van der Waals surface area contributed by atoms with Gasteiger partial charge in [-0.05, 0) is 26.7 Å². The summed E-state index contributed by atoms with van der Waals surface area (Å²) >= 11 is 0. The average molecular weight is 210 g/mol. The van der Waals surface area contributed by atoms with E-state index in [4.69, 9.17) is 4.74 Å². The Morgan fingerprint density at radius 2 is 2.27 bits per heavy atom. The number of allylic oxidation sites excluding steroid dienone is 1. The predicted octanol–water partition coefficient (Wildman–Crippen LogP) is 2.26. The maximum Gasteiger partial charge on any atom is 0.330 e. The van der Waals surface area contributed by atoms with Crippen molar-refractivity contribution >= 4 is 11.8 Å². The zero-order valence-electron chi connectivity index (χ0n) is 9.41. The van der Waals surface area contributed by atoms with Crippen LogP contribution in [-0.2, 0) is 14.3 Å². The van der Waals surface area contributed by atoms with Crippen LogP contribution >= 0.6 is 0 Å². The highest BCUT2D eigenvalue weighted by molar-refractivity contribution is 5.89. The summed E-state index contributed by atoms with van der Waals surface area (Å²) in [5.41, 5.74) is -0.453. The van der Waals surface area contributed by atoms with Crippen molar-refractivity contribution in [1.29, 1.82) is 0 Å². The summed E-state index contributed by atoms with van der Waals surface area (Å²) in [6.07, 6.45) is 6.57. The first-order chi connectivity index (χ1) is 7.08. The Balaban J connectivity index is 2.61. The van der Waals surface area contributed by atoms with E-state index in [-0.39, 0.29) is 11.8 Å². The number of hydrogen-bond acceptors (Lipinski definition) is 3. The molecule has 0 amide bonds. The van der Waals surface area contributed by atoms with Crippen LogP contribution in [0.1, 0.15) is 39.5 Å². The van der Waals surface area contributed by atoms with Gasteiger partial charge in [0.1, 0.15) is 5.78 Å². The molecule has 0 aromatic carbocycles. The molecule has 0 heterocycles. The van der Waals surface area contributed by atoms with Gasteiger partial charge in [-0.2, -0.15) is 0 Å². The molecule has 1 aliphatic carbocycles. The highest BCUT2D eigenvalue weighted by Crippen LogP contribution is 2.33. The van der Waals surface area contributed by atoms with Crippen LogP contribution < -0.4 is 0 Å². The van der Waals surface area contributed by atoms with Crippen LogP contribution in [0.15, 0.2) is 12.2 Å². The van der Waals surface area contributed by atoms with Crippen molar-refractivity contribution in [2.75, 3.05) is 6.61 Å². The normalized spacial score (nSPS) is 26.9. The Hall–Kier alpha value is -1.12. The first kappa shape index (κ1) is 12.0. The maximum absolute atomic E-state index is 11.7. The Labute approximate surface area is 90.5 Å². The molecular weight excluding hydrogens is 192 g/mol. The van der Waals surface area contributed by atoms with Crippen LogP contribution in [0.2, 0.25) is 0 Å². The lowest BCUT2D eigenvalue weighted by Gasteiger charge is -2.28. The lowest BCUT2D eigenvalue weighted by Crippen LogP contribution is -2.29. The molecule has 1 fully saturated rings. The topological polar surface area (TPSA) is 43.4 Å². The molecule has 1 aliphatic rings. The molecule has 3 heteroatoms. The Kier molecular flexibility index (Phi) is 4.06. The van der Waals surface area contributed by atoms with Gasteiger partial charge in [-0.15, -0.1) is 0 Å². The van der Waals surface area contributed by atoms with Crippen molar-refractivity contribution in [2.45, 2.75) is 39.5 Å². The maximum atomic E-state index is 11.7. The van der Waals surface area contributed by atoms with E-state index in [1.165, 1.54) is 6.08 Å². The smallest absolute Gasteiger partial charge is 0.330 e. The summed E-state index contributed by atoms with van der Waals surface area (Å²) in [5.74, 6) is -0.133. The second kappa shape index (κ2) is 5.10. The van der Waals surface area contributed by atoms with Gasteiger partial charge in [0.15, 0.2) is 0 Å². The number of rotatable bonds is 3. The molecule has 0 saturated heterocycles. The van der Waals surface area contributed by atoms with E-state index in [2.05, 4.69) is 0 Å². The summed E-state index contributed by atoms with van der Waals surface area (Å²) in [6.45, 7) is 4.03. The van der Waals surface area contributed by atoms with Crippen LogP contribution in [-0.4, -0.2) is 18.4 Å². The summed E-state index contributed by atoms with van der Waals surface area (Å²) in [7, 11) is 0. The molecule has 84 valence electrons. The van der Waals surface area contributed by atoms with E-state index in [9.17, 15) is 9.59 Å². The number of carbonyl (C=O) groups is 2. The minimum Gasteiger partial charge on any atom is -0.463 e. The van der Waals surface area contributed by atoms with Crippen molar-refractivity contribution in [3.63, 3.8) is 0 Å². The molecule has 0 aromatic rings.